The van der Waals surface area contributed by atoms with Gasteiger partial charge in [-0.3, -0.25) is 14.6 Å². The van der Waals surface area contributed by atoms with Crippen LogP contribution >= 0.6 is 57.6 Å². The molecule has 2 unspecified atom stereocenters. The average molecular weight is 990 g/mol. The number of piperazine rings is 3. The van der Waals surface area contributed by atoms with Crippen molar-refractivity contribution in [2.75, 3.05) is 84.4 Å². The molecule has 6 heterocycles. The van der Waals surface area contributed by atoms with E-state index < -0.39 is 34.7 Å². The first-order valence-corrected chi connectivity index (χ1v) is 28.5. The second-order valence-corrected chi connectivity index (χ2v) is 26.7. The molecule has 2 atom stereocenters. The summed E-state index contributed by atoms with van der Waals surface area (Å²) in [6.07, 6.45) is 2.83. The van der Waals surface area contributed by atoms with Gasteiger partial charge in [-0.2, -0.15) is 24.3 Å². The number of hydrogen-bond donors (Lipinski definition) is 0. The predicted molar refractivity (Wildman–Crippen MR) is 246 cm³/mol. The van der Waals surface area contributed by atoms with Gasteiger partial charge in [-0.05, 0) is 94.9 Å². The van der Waals surface area contributed by atoms with Gasteiger partial charge in [0.25, 0.3) is 10.0 Å². The highest BCUT2D eigenvalue weighted by Gasteiger charge is 2.39. The standard InChI is InChI=1S/C40H50Cl2N6O7S6/c41-26-38(49)45-15-21-48(22-16-45)60(52,53)39-8-6-34(57-39)28-44-13-17-46(18-14-44)59(50,51)36-3-1-2-32-24-33(31(25-35(32)36)5-4-30-10-23-56-29-30)27-43-11-19-47(20-12-43)61(54,55)40-9-7-37(42)58-40/h1-3,6,8,10,23-25,29,37,40H,4-5,7,9,11-22,26-28H2. The number of benzene rings is 2. The number of rotatable bonds is 14. The number of thiophene rings is 2. The van der Waals surface area contributed by atoms with Gasteiger partial charge in [-0.25, -0.2) is 25.3 Å². The van der Waals surface area contributed by atoms with Gasteiger partial charge in [0.05, 0.1) is 9.60 Å². The molecule has 2 aromatic heterocycles. The Morgan fingerprint density at radius 3 is 2.03 bits per heavy atom. The molecule has 0 saturated carbocycles. The molecule has 0 radical (unpaired) electrons. The van der Waals surface area contributed by atoms with Gasteiger partial charge in [0.1, 0.15) is 14.7 Å². The Kier molecular flexibility index (Phi) is 14.5. The minimum atomic E-state index is -3.86. The average Bonchev–Trinajstić information content (AvgIpc) is 4.07. The number of amides is 1. The molecule has 0 N–H and O–H groups in total. The molecule has 2 aromatic carbocycles. The largest absolute Gasteiger partial charge is 0.339 e. The zero-order chi connectivity index (χ0) is 42.9. The molecule has 0 spiro atoms. The van der Waals surface area contributed by atoms with Gasteiger partial charge in [-0.1, -0.05) is 12.1 Å². The third-order valence-electron chi connectivity index (χ3n) is 12.0. The minimum Gasteiger partial charge on any atom is -0.339 e. The molecule has 4 aliphatic heterocycles. The van der Waals surface area contributed by atoms with E-state index in [9.17, 15) is 30.0 Å². The molecule has 13 nitrogen and oxygen atoms in total. The first kappa shape index (κ1) is 45.7. The number of hydrogen-bond acceptors (Lipinski definition) is 12. The van der Waals surface area contributed by atoms with Crippen molar-refractivity contribution in [3.05, 3.63) is 80.9 Å². The van der Waals surface area contributed by atoms with Crippen molar-refractivity contribution in [2.45, 2.75) is 57.2 Å². The van der Waals surface area contributed by atoms with Gasteiger partial charge < -0.3 is 4.90 Å². The fourth-order valence-electron chi connectivity index (χ4n) is 8.50. The lowest BCUT2D eigenvalue weighted by Crippen LogP contribution is -2.50. The summed E-state index contributed by atoms with van der Waals surface area (Å²) in [5, 5.41) is 5.74. The van der Waals surface area contributed by atoms with Crippen molar-refractivity contribution in [3.63, 3.8) is 0 Å². The molecule has 1 amide bonds. The molecule has 0 bridgehead atoms. The SMILES string of the molecule is O=C(CCl)N1CCN(S(=O)(=O)c2ccc(CN3CCN(S(=O)(=O)c4cccc5cc(CN6CCN(S(=O)(=O)C7CCC(Cl)S7)CC6)c(CCc6ccsc6)cc45)CC3)s2)CC1. The van der Waals surface area contributed by atoms with Crippen LogP contribution in [0.15, 0.2) is 68.4 Å². The van der Waals surface area contributed by atoms with Gasteiger partial charge in [0.15, 0.2) is 0 Å². The summed E-state index contributed by atoms with van der Waals surface area (Å²) in [5.41, 5.74) is 3.43. The number of carbonyl (C=O) groups is 1. The molecule has 61 heavy (non-hydrogen) atoms. The van der Waals surface area contributed by atoms with Crippen LogP contribution in [0.1, 0.15) is 34.4 Å². The molecule has 4 aliphatic rings. The van der Waals surface area contributed by atoms with E-state index in [1.165, 1.54) is 33.0 Å². The van der Waals surface area contributed by atoms with E-state index in [0.717, 1.165) is 34.2 Å². The third-order valence-corrected chi connectivity index (χ3v) is 23.0. The molecule has 332 valence electrons. The van der Waals surface area contributed by atoms with Crippen LogP contribution in [0.3, 0.4) is 0 Å². The highest BCUT2D eigenvalue weighted by molar-refractivity contribution is 8.13. The van der Waals surface area contributed by atoms with E-state index in [0.29, 0.717) is 96.8 Å². The van der Waals surface area contributed by atoms with Crippen LogP contribution < -0.4 is 0 Å². The summed E-state index contributed by atoms with van der Waals surface area (Å²) in [5.74, 6) is -0.328. The molecule has 4 aromatic rings. The normalized spacial score (nSPS) is 22.4. The zero-order valence-electron chi connectivity index (χ0n) is 33.6. The number of halogens is 2. The zero-order valence-corrected chi connectivity index (χ0v) is 40.0. The molecular formula is C40H50Cl2N6O7S6. The fourth-order valence-corrected chi connectivity index (χ4v) is 18.3. The lowest BCUT2D eigenvalue weighted by atomic mass is 9.96. The lowest BCUT2D eigenvalue weighted by molar-refractivity contribution is -0.129. The van der Waals surface area contributed by atoms with Crippen LogP contribution in [0.2, 0.25) is 0 Å². The van der Waals surface area contributed by atoms with Crippen molar-refractivity contribution < 1.29 is 30.0 Å². The third kappa shape index (κ3) is 10.2. The lowest BCUT2D eigenvalue weighted by Gasteiger charge is -2.35. The van der Waals surface area contributed by atoms with Crippen molar-refractivity contribution in [2.24, 2.45) is 0 Å². The Morgan fingerprint density at radius 1 is 0.705 bits per heavy atom. The van der Waals surface area contributed by atoms with Crippen molar-refractivity contribution in [1.29, 1.82) is 0 Å². The van der Waals surface area contributed by atoms with E-state index in [-0.39, 0.29) is 38.7 Å². The highest BCUT2D eigenvalue weighted by Crippen LogP contribution is 2.40. The predicted octanol–water partition coefficient (Wildman–Crippen LogP) is 5.19. The first-order chi connectivity index (χ1) is 29.2. The van der Waals surface area contributed by atoms with E-state index in [2.05, 4.69) is 38.8 Å². The van der Waals surface area contributed by atoms with Crippen molar-refractivity contribution >= 4 is 104 Å². The van der Waals surface area contributed by atoms with Crippen LogP contribution in [0, 0.1) is 0 Å². The number of nitrogens with zero attached hydrogens (tertiary/aromatic N) is 6. The Balaban J connectivity index is 0.931. The van der Waals surface area contributed by atoms with Crippen LogP contribution in [0.4, 0.5) is 0 Å². The summed E-state index contributed by atoms with van der Waals surface area (Å²) < 4.78 is 86.6. The monoisotopic (exact) mass is 988 g/mol. The molecule has 4 saturated heterocycles. The van der Waals surface area contributed by atoms with Crippen LogP contribution in [-0.4, -0.2) is 152 Å². The number of alkyl halides is 2. The second-order valence-electron chi connectivity index (χ2n) is 15.8. The quantitative estimate of drug-likeness (QED) is 0.155. The van der Waals surface area contributed by atoms with E-state index in [4.69, 9.17) is 23.2 Å². The first-order valence-electron chi connectivity index (χ1n) is 20.4. The summed E-state index contributed by atoms with van der Waals surface area (Å²) in [6.45, 7) is 5.84. The molecule has 0 aliphatic carbocycles. The van der Waals surface area contributed by atoms with E-state index >= 15 is 0 Å². The Bertz CT molecular complexity index is 2520. The fraction of sp³-hybridized carbons (Fsp3) is 0.525. The Labute approximate surface area is 381 Å². The summed E-state index contributed by atoms with van der Waals surface area (Å²) >= 11 is 16.1. The van der Waals surface area contributed by atoms with Crippen molar-refractivity contribution in [1.82, 2.24) is 27.6 Å². The number of sulfonamides is 3. The summed E-state index contributed by atoms with van der Waals surface area (Å²) in [7, 11) is -11.0. The van der Waals surface area contributed by atoms with Crippen LogP contribution in [0.25, 0.3) is 10.8 Å². The molecule has 8 rings (SSSR count). The molecule has 4 fully saturated rings. The van der Waals surface area contributed by atoms with Gasteiger partial charge in [0.2, 0.25) is 26.0 Å². The number of carbonyl (C=O) groups excluding carboxylic acids is 1. The van der Waals surface area contributed by atoms with Gasteiger partial charge >= 0.3 is 0 Å². The van der Waals surface area contributed by atoms with Crippen LogP contribution in [0.5, 0.6) is 0 Å². The van der Waals surface area contributed by atoms with Gasteiger partial charge in [0, 0.05) is 102 Å². The number of thioether (sulfide) groups is 1. The van der Waals surface area contributed by atoms with Gasteiger partial charge in [-0.15, -0.1) is 46.3 Å². The molecular weight excluding hydrogens is 940 g/mol. The number of aryl methyl sites for hydroxylation is 2. The maximum Gasteiger partial charge on any atom is 0.252 e. The minimum absolute atomic E-state index is 0.126. The highest BCUT2D eigenvalue weighted by atomic mass is 35.5. The van der Waals surface area contributed by atoms with E-state index in [1.807, 2.05) is 12.1 Å². The van der Waals surface area contributed by atoms with Crippen molar-refractivity contribution in [3.8, 4) is 0 Å². The number of fused-ring (bicyclic) bond motifs is 1. The summed E-state index contributed by atoms with van der Waals surface area (Å²) in [4.78, 5) is 19.1. The Morgan fingerprint density at radius 2 is 1.38 bits per heavy atom. The topological polar surface area (TPSA) is 139 Å². The Hall–Kier alpha value is -1.85. The summed E-state index contributed by atoms with van der Waals surface area (Å²) in [6, 6.07) is 15.2. The van der Waals surface area contributed by atoms with Crippen LogP contribution in [-0.2, 0) is 60.8 Å². The smallest absolute Gasteiger partial charge is 0.252 e. The van der Waals surface area contributed by atoms with E-state index in [1.54, 1.807) is 43.0 Å². The maximum atomic E-state index is 14.4. The second kappa shape index (κ2) is 19.3. The molecule has 21 heteroatoms. The maximum absolute atomic E-state index is 14.4.